The van der Waals surface area contributed by atoms with Crippen LogP contribution in [0.5, 0.6) is 11.5 Å². The molecule has 2 N–H and O–H groups in total. The number of nitrogens with one attached hydrogen (secondary N) is 1. The molecule has 2 heterocycles. The number of hydrogen-bond acceptors (Lipinski definition) is 6. The normalized spacial score (nSPS) is 15.8. The van der Waals surface area contributed by atoms with Crippen LogP contribution < -0.4 is 15.0 Å². The van der Waals surface area contributed by atoms with Crippen molar-refractivity contribution < 1.29 is 18.8 Å². The number of methoxy groups -OCH3 is 1. The minimum Gasteiger partial charge on any atom is -0.504 e. The van der Waals surface area contributed by atoms with E-state index < -0.39 is 11.9 Å². The van der Waals surface area contributed by atoms with E-state index in [1.165, 1.54) is 19.2 Å². The molecule has 7 nitrogen and oxygen atoms in total. The van der Waals surface area contributed by atoms with Gasteiger partial charge in [0.25, 0.3) is 5.89 Å². The van der Waals surface area contributed by atoms with E-state index >= 15 is 0 Å². The number of phenols is 1. The topological polar surface area (TPSA) is 83.7 Å². The number of aromatic nitrogens is 2. The highest BCUT2D eigenvalue weighted by Crippen LogP contribution is 2.41. The zero-order valence-corrected chi connectivity index (χ0v) is 19.7. The Morgan fingerprint density at radius 2 is 1.89 bits per heavy atom. The molecule has 1 unspecified atom stereocenters. The molecule has 5 rings (SSSR count). The first-order valence-electron chi connectivity index (χ1n) is 10.8. The monoisotopic (exact) mass is 488 g/mol. The molecule has 4 aromatic rings. The van der Waals surface area contributed by atoms with Gasteiger partial charge in [0.2, 0.25) is 5.82 Å². The van der Waals surface area contributed by atoms with Crippen LogP contribution in [0.4, 0.5) is 10.1 Å². The molecule has 0 spiro atoms. The molecule has 0 saturated carbocycles. The Labute approximate surface area is 206 Å². The van der Waals surface area contributed by atoms with Crippen LogP contribution in [-0.2, 0) is 0 Å². The Hall–Kier alpha value is -4.24. The molecule has 1 aliphatic heterocycles. The summed E-state index contributed by atoms with van der Waals surface area (Å²) in [4.78, 5) is 6.47. The quantitative estimate of drug-likeness (QED) is 0.359. The molecular weight excluding hydrogens is 467 g/mol. The number of rotatable bonds is 5. The van der Waals surface area contributed by atoms with Crippen molar-refractivity contribution in [3.63, 3.8) is 0 Å². The van der Waals surface area contributed by atoms with E-state index in [0.717, 1.165) is 16.9 Å². The van der Waals surface area contributed by atoms with E-state index in [-0.39, 0.29) is 17.5 Å². The van der Waals surface area contributed by atoms with Gasteiger partial charge in [-0.1, -0.05) is 41.6 Å². The molecule has 1 aromatic heterocycles. The lowest BCUT2D eigenvalue weighted by atomic mass is 9.94. The van der Waals surface area contributed by atoms with Crippen LogP contribution in [0.25, 0.3) is 17.0 Å². The molecule has 176 valence electrons. The maximum Gasteiger partial charge on any atom is 0.258 e. The van der Waals surface area contributed by atoms with Crippen molar-refractivity contribution >= 4 is 28.6 Å². The number of hydrogen-bond donors (Lipinski definition) is 2. The van der Waals surface area contributed by atoms with Gasteiger partial charge in [-0.2, -0.15) is 4.98 Å². The highest BCUT2D eigenvalue weighted by atomic mass is 32.1. The van der Waals surface area contributed by atoms with E-state index in [1.54, 1.807) is 24.3 Å². The maximum atomic E-state index is 13.8. The van der Waals surface area contributed by atoms with Crippen LogP contribution in [0.2, 0.25) is 0 Å². The minimum atomic E-state index is -0.500. The van der Waals surface area contributed by atoms with Gasteiger partial charge in [-0.15, -0.1) is 0 Å². The third-order valence-corrected chi connectivity index (χ3v) is 6.08. The summed E-state index contributed by atoms with van der Waals surface area (Å²) in [6, 6.07) is 20.3. The molecule has 0 amide bonds. The second-order valence-corrected chi connectivity index (χ2v) is 8.30. The van der Waals surface area contributed by atoms with E-state index in [4.69, 9.17) is 21.5 Å². The summed E-state index contributed by atoms with van der Waals surface area (Å²) in [5.41, 5.74) is 3.52. The van der Waals surface area contributed by atoms with Gasteiger partial charge in [-0.05, 0) is 61.1 Å². The lowest BCUT2D eigenvalue weighted by Gasteiger charge is -2.37. The Morgan fingerprint density at radius 1 is 1.09 bits per heavy atom. The molecule has 3 aromatic carbocycles. The van der Waals surface area contributed by atoms with Crippen LogP contribution >= 0.6 is 12.2 Å². The predicted octanol–water partition coefficient (Wildman–Crippen LogP) is 5.46. The van der Waals surface area contributed by atoms with Crippen molar-refractivity contribution in [2.45, 2.75) is 13.0 Å². The molecule has 1 atom stereocenters. The number of phenolic OH excluding ortho intramolecular Hbond substituents is 1. The number of nitrogens with zero attached hydrogens (tertiary/aromatic N) is 3. The average Bonchev–Trinajstić information content (AvgIpc) is 3.34. The standard InChI is InChI=1S/C26H21FN4O3S/c1-15-22(25-29-24(30-34-25)17-7-6-8-18(27)13-17)23(16-11-12-21(33-2)20(32)14-16)28-26(35)31(15)19-9-4-3-5-10-19/h3-14,23,32H,1-2H3,(H,28,35). The number of halogens is 1. The lowest BCUT2D eigenvalue weighted by molar-refractivity contribution is 0.372. The Bertz CT molecular complexity index is 1440. The van der Waals surface area contributed by atoms with Gasteiger partial charge >= 0.3 is 0 Å². The van der Waals surface area contributed by atoms with Crippen LogP contribution in [0.3, 0.4) is 0 Å². The summed E-state index contributed by atoms with van der Waals surface area (Å²) < 4.78 is 24.6. The van der Waals surface area contributed by atoms with Gasteiger partial charge in [0, 0.05) is 16.9 Å². The van der Waals surface area contributed by atoms with Crippen molar-refractivity contribution in [2.75, 3.05) is 12.0 Å². The van der Waals surface area contributed by atoms with Crippen LogP contribution in [0.15, 0.2) is 83.0 Å². The fraction of sp³-hybridized carbons (Fsp3) is 0.115. The second kappa shape index (κ2) is 9.19. The lowest BCUT2D eigenvalue weighted by Crippen LogP contribution is -2.46. The number of anilines is 1. The first-order valence-corrected chi connectivity index (χ1v) is 11.2. The van der Waals surface area contributed by atoms with Gasteiger partial charge in [0.15, 0.2) is 16.6 Å². The Balaban J connectivity index is 1.66. The third-order valence-electron chi connectivity index (χ3n) is 5.77. The first-order chi connectivity index (χ1) is 17.0. The number of allylic oxidation sites excluding steroid dienone is 1. The molecular formula is C26H21FN4O3S. The Morgan fingerprint density at radius 3 is 2.60 bits per heavy atom. The van der Waals surface area contributed by atoms with Gasteiger partial charge < -0.3 is 19.7 Å². The summed E-state index contributed by atoms with van der Waals surface area (Å²) in [5, 5.41) is 18.3. The van der Waals surface area contributed by atoms with Crippen molar-refractivity contribution in [1.82, 2.24) is 15.5 Å². The zero-order chi connectivity index (χ0) is 24.5. The molecule has 35 heavy (non-hydrogen) atoms. The SMILES string of the molecule is COc1ccc(C2NC(=S)N(c3ccccc3)C(C)=C2c2nc(-c3cccc(F)c3)no2)cc1O. The van der Waals surface area contributed by atoms with Crippen LogP contribution in [-0.4, -0.2) is 27.5 Å². The highest BCUT2D eigenvalue weighted by Gasteiger charge is 2.35. The number of para-hydroxylation sites is 1. The van der Waals surface area contributed by atoms with Crippen molar-refractivity contribution in [3.8, 4) is 22.9 Å². The van der Waals surface area contributed by atoms with Crippen LogP contribution in [0, 0.1) is 5.82 Å². The molecule has 0 bridgehead atoms. The highest BCUT2D eigenvalue weighted by molar-refractivity contribution is 7.80. The largest absolute Gasteiger partial charge is 0.504 e. The third kappa shape index (κ3) is 4.22. The van der Waals surface area contributed by atoms with E-state index in [9.17, 15) is 9.50 Å². The predicted molar refractivity (Wildman–Crippen MR) is 134 cm³/mol. The summed E-state index contributed by atoms with van der Waals surface area (Å²) >= 11 is 5.73. The van der Waals surface area contributed by atoms with E-state index in [2.05, 4.69) is 15.5 Å². The van der Waals surface area contributed by atoms with Crippen molar-refractivity contribution in [1.29, 1.82) is 0 Å². The first kappa shape index (κ1) is 22.5. The summed E-state index contributed by atoms with van der Waals surface area (Å²) in [5.74, 6) is 0.460. The number of ether oxygens (including phenoxy) is 1. The Kier molecular flexibility index (Phi) is 5.92. The second-order valence-electron chi connectivity index (χ2n) is 7.92. The van der Waals surface area contributed by atoms with Gasteiger partial charge in [0.1, 0.15) is 5.82 Å². The molecule has 1 aliphatic rings. The molecule has 0 radical (unpaired) electrons. The summed E-state index contributed by atoms with van der Waals surface area (Å²) in [7, 11) is 1.49. The summed E-state index contributed by atoms with van der Waals surface area (Å²) in [6.07, 6.45) is 0. The van der Waals surface area contributed by atoms with Gasteiger partial charge in [0.05, 0.1) is 18.7 Å². The number of aromatic hydroxyl groups is 1. The smallest absolute Gasteiger partial charge is 0.258 e. The van der Waals surface area contributed by atoms with E-state index in [0.29, 0.717) is 22.0 Å². The number of thiocarbonyl (C=S) groups is 1. The van der Waals surface area contributed by atoms with Crippen molar-refractivity contribution in [2.24, 2.45) is 0 Å². The van der Waals surface area contributed by atoms with Crippen LogP contribution in [0.1, 0.15) is 24.4 Å². The molecule has 0 fully saturated rings. The number of benzene rings is 3. The van der Waals surface area contributed by atoms with Crippen molar-refractivity contribution in [3.05, 3.63) is 95.8 Å². The zero-order valence-electron chi connectivity index (χ0n) is 18.9. The molecule has 0 saturated heterocycles. The van der Waals surface area contributed by atoms with Gasteiger partial charge in [-0.25, -0.2) is 4.39 Å². The summed E-state index contributed by atoms with van der Waals surface area (Å²) in [6.45, 7) is 1.91. The average molecular weight is 489 g/mol. The fourth-order valence-electron chi connectivity index (χ4n) is 4.12. The molecule has 9 heteroatoms. The maximum absolute atomic E-state index is 13.8. The fourth-order valence-corrected chi connectivity index (χ4v) is 4.48. The van der Waals surface area contributed by atoms with Gasteiger partial charge in [-0.3, -0.25) is 4.90 Å². The minimum absolute atomic E-state index is 0.00816. The molecule has 0 aliphatic carbocycles. The van der Waals surface area contributed by atoms with E-state index in [1.807, 2.05) is 48.2 Å².